The van der Waals surface area contributed by atoms with E-state index in [1.165, 1.54) is 63.4 Å². The topological polar surface area (TPSA) is 46.1 Å². The third-order valence-corrected chi connectivity index (χ3v) is 3.07. The summed E-state index contributed by atoms with van der Waals surface area (Å²) in [4.78, 5) is 18.6. The minimum Gasteiger partial charge on any atom is -0.850 e. The van der Waals surface area contributed by atoms with E-state index in [0.717, 1.165) is 0 Å². The van der Waals surface area contributed by atoms with Crippen molar-refractivity contribution in [1.82, 2.24) is 0 Å². The van der Waals surface area contributed by atoms with Gasteiger partial charge in [-0.1, -0.05) is 64.7 Å². The number of hydrogen-bond donors (Lipinski definition) is 0. The molecule has 0 spiro atoms. The fourth-order valence-corrected chi connectivity index (χ4v) is 2.04. The van der Waals surface area contributed by atoms with Crippen LogP contribution in [0, 0.1) is 6.07 Å². The van der Waals surface area contributed by atoms with Crippen LogP contribution in [0.5, 0.6) is 0 Å². The standard InChI is InChI=1S/C16H25.Mo.H3O2PS2/c1-2-3-4-5-6-7-8-10-13-16-14-11-9-12-15-16;;1-3(2,4)5/h9,11-12,14H,2-8,10,13H2,1H3;;(H3,1,2,4,5)/q-1;+4;/p-3. The van der Waals surface area contributed by atoms with E-state index in [0.29, 0.717) is 0 Å². The summed E-state index contributed by atoms with van der Waals surface area (Å²) in [6.07, 6.45) is 12.4. The molecule has 0 aromatic heterocycles. The molecule has 0 bridgehead atoms. The molecule has 0 unspecified atom stereocenters. The fourth-order valence-electron chi connectivity index (χ4n) is 2.04. The Balaban J connectivity index is 0. The van der Waals surface area contributed by atoms with Gasteiger partial charge in [-0.3, -0.25) is 0 Å². The van der Waals surface area contributed by atoms with Crippen molar-refractivity contribution in [3.05, 3.63) is 35.9 Å². The van der Waals surface area contributed by atoms with Crippen molar-refractivity contribution in [2.24, 2.45) is 0 Å². The Kier molecular flexibility index (Phi) is 19.0. The van der Waals surface area contributed by atoms with Crippen LogP contribution in [-0.2, 0) is 51.5 Å². The molecule has 6 heteroatoms. The van der Waals surface area contributed by atoms with Gasteiger partial charge in [0.25, 0.3) is 0 Å². The van der Waals surface area contributed by atoms with Crippen LogP contribution in [0.4, 0.5) is 0 Å². The fraction of sp³-hybridized carbons (Fsp3) is 0.625. The van der Waals surface area contributed by atoms with Crippen LogP contribution >= 0.6 is 5.69 Å². The molecule has 0 saturated carbocycles. The van der Waals surface area contributed by atoms with E-state index in [2.05, 4.69) is 49.2 Å². The normalized spacial score (nSPS) is 10.4. The van der Waals surface area contributed by atoms with Crippen molar-refractivity contribution >= 4 is 29.7 Å². The van der Waals surface area contributed by atoms with Gasteiger partial charge in [-0.2, -0.15) is 47.7 Å². The maximum Gasteiger partial charge on any atom is 4.00 e. The minimum absolute atomic E-state index is 0. The summed E-state index contributed by atoms with van der Waals surface area (Å²) in [5.74, 6) is 0. The number of unbranched alkanes of at least 4 members (excludes halogenated alkanes) is 7. The summed E-state index contributed by atoms with van der Waals surface area (Å²) in [6.45, 7) is 2.27. The van der Waals surface area contributed by atoms with Crippen molar-refractivity contribution in [2.45, 2.75) is 64.7 Å². The van der Waals surface area contributed by atoms with Crippen molar-refractivity contribution in [1.29, 1.82) is 0 Å². The Labute approximate surface area is 160 Å². The first kappa shape index (κ1) is 25.1. The Hall–Kier alpha value is 0.828. The smallest absolute Gasteiger partial charge is 0.850 e. The van der Waals surface area contributed by atoms with Crippen molar-refractivity contribution in [2.75, 3.05) is 0 Å². The van der Waals surface area contributed by atoms with Gasteiger partial charge < -0.3 is 27.7 Å². The van der Waals surface area contributed by atoms with Gasteiger partial charge in [0.1, 0.15) is 0 Å². The van der Waals surface area contributed by atoms with E-state index in [9.17, 15) is 9.79 Å². The largest absolute Gasteiger partial charge is 4.00 e. The summed E-state index contributed by atoms with van der Waals surface area (Å²) in [5, 5.41) is 0. The molecule has 0 aliphatic heterocycles. The maximum absolute atomic E-state index is 9.29. The molecule has 0 atom stereocenters. The van der Waals surface area contributed by atoms with Gasteiger partial charge in [0.05, 0.1) is 0 Å². The summed E-state index contributed by atoms with van der Waals surface area (Å²) in [5.41, 5.74) is -2.35. The zero-order valence-corrected chi connectivity index (χ0v) is 17.7. The van der Waals surface area contributed by atoms with E-state index in [4.69, 9.17) is 0 Å². The van der Waals surface area contributed by atoms with Gasteiger partial charge in [-0.05, 0) is 0 Å². The van der Waals surface area contributed by atoms with Gasteiger partial charge in [0, 0.05) is 0 Å². The summed E-state index contributed by atoms with van der Waals surface area (Å²) in [7, 11) is 0. The second-order valence-corrected chi connectivity index (χ2v) is 9.53. The second kappa shape index (κ2) is 16.7. The van der Waals surface area contributed by atoms with Crippen molar-refractivity contribution in [3.63, 3.8) is 0 Å². The molecule has 0 heterocycles. The number of hydrogen-bond acceptors (Lipinski definition) is 4. The van der Waals surface area contributed by atoms with Gasteiger partial charge in [0.15, 0.2) is 0 Å². The first-order valence-corrected chi connectivity index (χ1v) is 11.3. The van der Waals surface area contributed by atoms with Gasteiger partial charge in [0.2, 0.25) is 0 Å². The van der Waals surface area contributed by atoms with Crippen LogP contribution in [-0.4, -0.2) is 0 Å². The molecular weight excluding hydrogens is 415 g/mol. The van der Waals surface area contributed by atoms with E-state index >= 15 is 0 Å². The first-order chi connectivity index (χ1) is 9.93. The first-order valence-electron chi connectivity index (χ1n) is 7.62. The summed E-state index contributed by atoms with van der Waals surface area (Å²) in [6, 6.07) is 11.6. The molecule has 0 aliphatic rings. The Morgan fingerprint density at radius 3 is 2.00 bits per heavy atom. The van der Waals surface area contributed by atoms with Crippen LogP contribution < -0.4 is 9.79 Å². The molecule has 0 fully saturated rings. The predicted octanol–water partition coefficient (Wildman–Crippen LogP) is 3.65. The second-order valence-electron chi connectivity index (χ2n) is 5.06. The Bertz CT molecular complexity index is 377. The molecule has 22 heavy (non-hydrogen) atoms. The van der Waals surface area contributed by atoms with Gasteiger partial charge in [-0.25, -0.2) is 0 Å². The SMILES string of the molecule is CCCCCCCCCCc1[c-]cccc1.[Mo+4].[O-]P([O-])(=S)[S-]. The van der Waals surface area contributed by atoms with Crippen LogP contribution in [0.2, 0.25) is 0 Å². The number of aryl methyl sites for hydroxylation is 1. The third-order valence-electron chi connectivity index (χ3n) is 3.07. The number of benzene rings is 1. The predicted molar refractivity (Wildman–Crippen MR) is 93.2 cm³/mol. The molecule has 0 radical (unpaired) electrons. The molecule has 2 nitrogen and oxygen atoms in total. The summed E-state index contributed by atoms with van der Waals surface area (Å²) >= 11 is 7.28. The molecule has 124 valence electrons. The van der Waals surface area contributed by atoms with Crippen molar-refractivity contribution in [3.8, 4) is 0 Å². The average Bonchev–Trinajstić information content (AvgIpc) is 2.41. The van der Waals surface area contributed by atoms with Crippen molar-refractivity contribution < 1.29 is 30.9 Å². The van der Waals surface area contributed by atoms with Crippen LogP contribution in [0.3, 0.4) is 0 Å². The zero-order chi connectivity index (χ0) is 16.0. The third kappa shape index (κ3) is 23.1. The Morgan fingerprint density at radius 2 is 1.55 bits per heavy atom. The van der Waals surface area contributed by atoms with E-state index in [-0.39, 0.29) is 21.1 Å². The molecule has 0 saturated heterocycles. The van der Waals surface area contributed by atoms with E-state index in [1.807, 2.05) is 12.1 Å². The van der Waals surface area contributed by atoms with Gasteiger partial charge in [-0.15, -0.1) is 0 Å². The minimum atomic E-state index is -3.72. The molecule has 1 aromatic rings. The monoisotopic (exact) mass is 442 g/mol. The average molecular weight is 440 g/mol. The maximum atomic E-state index is 9.29. The quantitative estimate of drug-likeness (QED) is 0.193. The summed E-state index contributed by atoms with van der Waals surface area (Å²) < 4.78 is 0. The zero-order valence-electron chi connectivity index (χ0n) is 13.2. The molecular formula is C16H25MoO2PS2. The van der Waals surface area contributed by atoms with E-state index < -0.39 is 5.69 Å². The molecule has 0 N–H and O–H groups in total. The van der Waals surface area contributed by atoms with Crippen LogP contribution in [0.15, 0.2) is 24.3 Å². The van der Waals surface area contributed by atoms with E-state index in [1.54, 1.807) is 0 Å². The molecule has 1 aromatic carbocycles. The Morgan fingerprint density at radius 1 is 1.05 bits per heavy atom. The van der Waals surface area contributed by atoms with Gasteiger partial charge >= 0.3 is 21.1 Å². The number of rotatable bonds is 9. The van der Waals surface area contributed by atoms with Crippen LogP contribution in [0.1, 0.15) is 63.9 Å². The molecule has 1 rings (SSSR count). The molecule has 0 amide bonds. The van der Waals surface area contributed by atoms with Crippen LogP contribution in [0.25, 0.3) is 0 Å². The molecule has 0 aliphatic carbocycles.